The van der Waals surface area contributed by atoms with Crippen molar-refractivity contribution < 1.29 is 28.4 Å². The lowest BCUT2D eigenvalue weighted by atomic mass is 9.73. The van der Waals surface area contributed by atoms with E-state index in [9.17, 15) is 19.1 Å². The van der Waals surface area contributed by atoms with Crippen molar-refractivity contribution in [3.63, 3.8) is 0 Å². The molecular formula is C37H51N4O6P. The van der Waals surface area contributed by atoms with Crippen LogP contribution in [0.4, 0.5) is 0 Å². The topological polar surface area (TPSA) is 137 Å². The molecule has 0 saturated heterocycles. The molecule has 1 amide bonds. The number of pyridine rings is 1. The molecule has 10 nitrogen and oxygen atoms in total. The Kier molecular flexibility index (Phi) is 10.4. The molecule has 1 aliphatic carbocycles. The lowest BCUT2D eigenvalue weighted by Gasteiger charge is -2.48. The number of hydrogen-bond acceptors (Lipinski definition) is 6. The van der Waals surface area contributed by atoms with Crippen molar-refractivity contribution in [1.82, 2.24) is 20.2 Å². The number of fused-ring (bicyclic) bond motifs is 3. The number of aryl methyl sites for hydroxylation is 1. The largest absolute Gasteiger partial charge is 0.491 e. The SMILES string of the molecule is CCN(CCCOc1ccc(-c2cccc(C(=O)NC3CC3)c2)c2c1[nH]c1ncc(C)cc12)C(C(OP(=O)(O)O)C(C)(C)C)C(C)(C)C. The number of likely N-dealkylation sites (N-methyl/N-ethyl adjacent to an activating group) is 1. The average molecular weight is 679 g/mol. The van der Waals surface area contributed by atoms with E-state index in [1.165, 1.54) is 0 Å². The van der Waals surface area contributed by atoms with Crippen LogP contribution in [-0.4, -0.2) is 68.4 Å². The number of hydrogen-bond donors (Lipinski definition) is 4. The Hall–Kier alpha value is -3.27. The third-order valence-corrected chi connectivity index (χ3v) is 9.48. The summed E-state index contributed by atoms with van der Waals surface area (Å²) >= 11 is 0. The van der Waals surface area contributed by atoms with Gasteiger partial charge < -0.3 is 24.8 Å². The van der Waals surface area contributed by atoms with Crippen LogP contribution in [0.15, 0.2) is 48.7 Å². The summed E-state index contributed by atoms with van der Waals surface area (Å²) in [6.45, 7) is 17.9. The van der Waals surface area contributed by atoms with E-state index in [1.54, 1.807) is 0 Å². The highest BCUT2D eigenvalue weighted by Crippen LogP contribution is 2.47. The number of rotatable bonds is 13. The normalized spacial score (nSPS) is 15.6. The Balaban J connectivity index is 1.41. The fourth-order valence-corrected chi connectivity index (χ4v) is 7.35. The van der Waals surface area contributed by atoms with Gasteiger partial charge in [-0.2, -0.15) is 0 Å². The van der Waals surface area contributed by atoms with Gasteiger partial charge in [-0.1, -0.05) is 60.6 Å². The Morgan fingerprint density at radius 3 is 2.46 bits per heavy atom. The molecule has 4 N–H and O–H groups in total. The van der Waals surface area contributed by atoms with Gasteiger partial charge in [-0.15, -0.1) is 0 Å². The number of phosphoric ester groups is 1. The molecule has 0 aliphatic heterocycles. The van der Waals surface area contributed by atoms with E-state index >= 15 is 0 Å². The second-order valence-corrected chi connectivity index (χ2v) is 16.4. The Labute approximate surface area is 283 Å². The first-order valence-electron chi connectivity index (χ1n) is 16.9. The van der Waals surface area contributed by atoms with Crippen LogP contribution < -0.4 is 10.1 Å². The highest BCUT2D eigenvalue weighted by atomic mass is 31.2. The molecule has 0 bridgehead atoms. The summed E-state index contributed by atoms with van der Waals surface area (Å²) in [5.74, 6) is 0.656. The third kappa shape index (κ3) is 8.47. The van der Waals surface area contributed by atoms with Crippen LogP contribution >= 0.6 is 7.82 Å². The van der Waals surface area contributed by atoms with Crippen LogP contribution in [0.5, 0.6) is 5.75 Å². The standard InChI is InChI=1S/C37H51N4O6P/c1-9-41(32(36(3,4)5)33(37(6,7)8)47-48(43,44)45)18-11-19-46-29-17-16-27(30-28-20-23(2)22-38-34(28)40-31(29)30)24-12-10-13-25(21-24)35(42)39-26-14-15-26/h10,12-13,16-17,20-22,26,32-33H,9,11,14-15,18-19H2,1-8H3,(H,38,40)(H,39,42)(H2,43,44,45). The highest BCUT2D eigenvalue weighted by Gasteiger charge is 2.45. The maximum atomic E-state index is 12.9. The summed E-state index contributed by atoms with van der Waals surface area (Å²) in [5.41, 5.74) is 4.38. The molecule has 2 aromatic carbocycles. The number of aromatic amines is 1. The molecule has 2 heterocycles. The van der Waals surface area contributed by atoms with Gasteiger partial charge in [0.1, 0.15) is 11.4 Å². The van der Waals surface area contributed by atoms with Gasteiger partial charge in [-0.3, -0.25) is 14.2 Å². The van der Waals surface area contributed by atoms with Gasteiger partial charge in [-0.25, -0.2) is 9.55 Å². The molecule has 2 atom stereocenters. The molecule has 5 rings (SSSR count). The minimum atomic E-state index is -4.72. The maximum absolute atomic E-state index is 12.9. The first kappa shape index (κ1) is 36.0. The summed E-state index contributed by atoms with van der Waals surface area (Å²) in [6, 6.07) is 13.9. The molecule has 2 aromatic heterocycles. The van der Waals surface area contributed by atoms with E-state index in [-0.39, 0.29) is 23.4 Å². The molecule has 1 aliphatic rings. The minimum absolute atomic E-state index is 0.0519. The number of H-pyrrole nitrogens is 1. The fraction of sp³-hybridized carbons (Fsp3) is 0.514. The van der Waals surface area contributed by atoms with Crippen molar-refractivity contribution in [2.45, 2.75) is 92.8 Å². The minimum Gasteiger partial charge on any atom is -0.491 e. The van der Waals surface area contributed by atoms with Gasteiger partial charge in [0.15, 0.2) is 0 Å². The molecule has 11 heteroatoms. The van der Waals surface area contributed by atoms with Crippen molar-refractivity contribution in [3.05, 3.63) is 59.8 Å². The van der Waals surface area contributed by atoms with E-state index in [1.807, 2.05) is 70.3 Å². The molecular weight excluding hydrogens is 627 g/mol. The number of nitrogens with one attached hydrogen (secondary N) is 2. The molecule has 260 valence electrons. The quantitative estimate of drug-likeness (QED) is 0.0838. The second kappa shape index (κ2) is 13.9. The van der Waals surface area contributed by atoms with Crippen LogP contribution in [0, 0.1) is 17.8 Å². The van der Waals surface area contributed by atoms with Gasteiger partial charge >= 0.3 is 7.82 Å². The number of ether oxygens (including phenoxy) is 1. The van der Waals surface area contributed by atoms with Crippen LogP contribution in [0.25, 0.3) is 33.1 Å². The monoisotopic (exact) mass is 678 g/mol. The van der Waals surface area contributed by atoms with Gasteiger partial charge in [0.2, 0.25) is 0 Å². The molecule has 48 heavy (non-hydrogen) atoms. The van der Waals surface area contributed by atoms with Crippen molar-refractivity contribution in [2.75, 3.05) is 19.7 Å². The first-order valence-corrected chi connectivity index (χ1v) is 18.4. The molecule has 0 radical (unpaired) electrons. The van der Waals surface area contributed by atoms with E-state index < -0.39 is 19.3 Å². The predicted molar refractivity (Wildman–Crippen MR) is 191 cm³/mol. The molecule has 0 spiro atoms. The molecule has 4 aromatic rings. The second-order valence-electron chi connectivity index (χ2n) is 15.2. The molecule has 1 fully saturated rings. The summed E-state index contributed by atoms with van der Waals surface area (Å²) < 4.78 is 24.0. The Bertz CT molecular complexity index is 1810. The number of aromatic nitrogens is 2. The number of nitrogens with zero attached hydrogens (tertiary/aromatic N) is 2. The molecule has 1 saturated carbocycles. The van der Waals surface area contributed by atoms with E-state index in [2.05, 4.69) is 53.9 Å². The number of carbonyl (C=O) groups excluding carboxylic acids is 1. The van der Waals surface area contributed by atoms with Gasteiger partial charge in [0.25, 0.3) is 5.91 Å². The van der Waals surface area contributed by atoms with Crippen LogP contribution in [-0.2, 0) is 9.09 Å². The van der Waals surface area contributed by atoms with E-state index in [4.69, 9.17) is 9.26 Å². The van der Waals surface area contributed by atoms with Crippen LogP contribution in [0.1, 0.15) is 83.7 Å². The highest BCUT2D eigenvalue weighted by molar-refractivity contribution is 7.46. The van der Waals surface area contributed by atoms with E-state index in [0.717, 1.165) is 51.5 Å². The van der Waals surface area contributed by atoms with Crippen LogP contribution in [0.2, 0.25) is 0 Å². The zero-order valence-corrected chi connectivity index (χ0v) is 30.4. The maximum Gasteiger partial charge on any atom is 0.469 e. The van der Waals surface area contributed by atoms with Crippen molar-refractivity contribution in [1.29, 1.82) is 0 Å². The van der Waals surface area contributed by atoms with Gasteiger partial charge in [-0.05, 0) is 90.6 Å². The number of carbonyl (C=O) groups is 1. The van der Waals surface area contributed by atoms with Crippen LogP contribution in [0.3, 0.4) is 0 Å². The Morgan fingerprint density at radius 1 is 1.10 bits per heavy atom. The predicted octanol–water partition coefficient (Wildman–Crippen LogP) is 7.61. The van der Waals surface area contributed by atoms with Crippen molar-refractivity contribution >= 4 is 35.7 Å². The van der Waals surface area contributed by atoms with Crippen molar-refractivity contribution in [2.24, 2.45) is 10.8 Å². The third-order valence-electron chi connectivity index (χ3n) is 8.98. The smallest absolute Gasteiger partial charge is 0.469 e. The van der Waals surface area contributed by atoms with Gasteiger partial charge in [0, 0.05) is 41.2 Å². The summed E-state index contributed by atoms with van der Waals surface area (Å²) in [5, 5.41) is 5.06. The summed E-state index contributed by atoms with van der Waals surface area (Å²) in [6.07, 6.45) is 3.89. The lowest BCUT2D eigenvalue weighted by molar-refractivity contribution is -0.0585. The summed E-state index contributed by atoms with van der Waals surface area (Å²) in [4.78, 5) is 42.9. The molecule has 2 unspecified atom stereocenters. The summed E-state index contributed by atoms with van der Waals surface area (Å²) in [7, 11) is -4.72. The first-order chi connectivity index (χ1) is 22.5. The number of phosphoric acid groups is 1. The van der Waals surface area contributed by atoms with Gasteiger partial charge in [0.05, 0.1) is 18.2 Å². The Morgan fingerprint density at radius 2 is 1.83 bits per heavy atom. The van der Waals surface area contributed by atoms with E-state index in [0.29, 0.717) is 37.4 Å². The fourth-order valence-electron chi connectivity index (χ4n) is 6.62. The number of benzene rings is 2. The zero-order valence-electron chi connectivity index (χ0n) is 29.5. The van der Waals surface area contributed by atoms with Crippen molar-refractivity contribution in [3.8, 4) is 16.9 Å². The number of amides is 1. The lowest BCUT2D eigenvalue weighted by Crippen LogP contribution is -2.56. The zero-order chi connectivity index (χ0) is 35.0. The average Bonchev–Trinajstić information content (AvgIpc) is 3.73.